The molecule has 1 fully saturated rings. The molecule has 0 saturated carbocycles. The molecule has 1 amide bonds. The Labute approximate surface area is 128 Å². The summed E-state index contributed by atoms with van der Waals surface area (Å²) in [7, 11) is 5.49. The Morgan fingerprint density at radius 2 is 1.71 bits per heavy atom. The first kappa shape index (κ1) is 18.2. The second-order valence-electron chi connectivity index (χ2n) is 4.46. The van der Waals surface area contributed by atoms with Crippen molar-refractivity contribution in [3.63, 3.8) is 0 Å². The Morgan fingerprint density at radius 1 is 1.14 bits per heavy atom. The summed E-state index contributed by atoms with van der Waals surface area (Å²) in [6, 6.07) is -1.23. The molecule has 122 valence electrons. The van der Waals surface area contributed by atoms with E-state index in [4.69, 9.17) is 18.9 Å². The number of amides is 1. The van der Waals surface area contributed by atoms with Crippen LogP contribution >= 0.6 is 12.6 Å². The van der Waals surface area contributed by atoms with Gasteiger partial charge in [0.15, 0.2) is 12.3 Å². The number of hydrogen-bond acceptors (Lipinski definition) is 7. The molecule has 21 heavy (non-hydrogen) atoms. The van der Waals surface area contributed by atoms with E-state index in [1.165, 1.54) is 28.4 Å². The third kappa shape index (κ3) is 3.32. The van der Waals surface area contributed by atoms with Gasteiger partial charge in [0.25, 0.3) is 5.91 Å². The molecule has 0 bridgehead atoms. The minimum Gasteiger partial charge on any atom is -0.480 e. The van der Waals surface area contributed by atoms with Gasteiger partial charge >= 0.3 is 5.97 Å². The van der Waals surface area contributed by atoms with Gasteiger partial charge in [-0.1, -0.05) is 0 Å². The quantitative estimate of drug-likeness (QED) is 0.594. The van der Waals surface area contributed by atoms with Crippen LogP contribution in [-0.2, 0) is 28.5 Å². The number of likely N-dealkylation sites (tertiary alicyclic amines) is 1. The molecule has 0 radical (unpaired) electrons. The SMILES string of the molecule is COC(CS)C(=O)N1C(OC)C(OC)C(OC)[C@H]1C(=O)O. The topological polar surface area (TPSA) is 94.5 Å². The van der Waals surface area contributed by atoms with Crippen LogP contribution in [-0.4, -0.2) is 86.7 Å². The van der Waals surface area contributed by atoms with Gasteiger partial charge in [-0.2, -0.15) is 12.6 Å². The minimum atomic E-state index is -1.23. The molecular formula is C12H21NO7S. The highest BCUT2D eigenvalue weighted by atomic mass is 32.1. The van der Waals surface area contributed by atoms with E-state index in [1.54, 1.807) is 0 Å². The van der Waals surface area contributed by atoms with Crippen LogP contribution in [0.3, 0.4) is 0 Å². The number of methoxy groups -OCH3 is 4. The summed E-state index contributed by atoms with van der Waals surface area (Å²) in [4.78, 5) is 25.2. The summed E-state index contributed by atoms with van der Waals surface area (Å²) in [6.07, 6.45) is -3.33. The Bertz CT molecular complexity index is 377. The van der Waals surface area contributed by atoms with Crippen molar-refractivity contribution in [3.8, 4) is 0 Å². The van der Waals surface area contributed by atoms with Crippen LogP contribution in [0.2, 0.25) is 0 Å². The summed E-state index contributed by atoms with van der Waals surface area (Å²) in [5, 5.41) is 9.44. The van der Waals surface area contributed by atoms with Crippen molar-refractivity contribution in [3.05, 3.63) is 0 Å². The molecule has 0 aromatic heterocycles. The first-order valence-corrected chi connectivity index (χ1v) is 6.88. The number of carbonyl (C=O) groups excluding carboxylic acids is 1. The van der Waals surface area contributed by atoms with Crippen molar-refractivity contribution < 1.29 is 33.6 Å². The number of aliphatic carboxylic acids is 1. The number of hydrogen-bond donors (Lipinski definition) is 2. The van der Waals surface area contributed by atoms with Crippen LogP contribution in [0.25, 0.3) is 0 Å². The van der Waals surface area contributed by atoms with E-state index >= 15 is 0 Å². The standard InChI is InChI=1S/C12H21NO7S/c1-17-6(5-21)10(14)13-7(12(15)16)8(18-2)9(19-3)11(13)20-4/h6-9,11,21H,5H2,1-4H3,(H,15,16)/t6?,7-,8?,9?,11?/m0/s1. The highest BCUT2D eigenvalue weighted by Crippen LogP contribution is 2.31. The summed E-state index contributed by atoms with van der Waals surface area (Å²) >= 11 is 4.04. The lowest BCUT2D eigenvalue weighted by molar-refractivity contribution is -0.165. The van der Waals surface area contributed by atoms with E-state index in [1.807, 2.05) is 0 Å². The number of ether oxygens (including phenoxy) is 4. The Balaban J connectivity index is 3.22. The predicted octanol–water partition coefficient (Wildman–Crippen LogP) is -0.771. The van der Waals surface area contributed by atoms with E-state index in [9.17, 15) is 14.7 Å². The summed E-state index contributed by atoms with van der Waals surface area (Å²) in [5.74, 6) is -1.62. The lowest BCUT2D eigenvalue weighted by atomic mass is 10.1. The maximum Gasteiger partial charge on any atom is 0.329 e. The van der Waals surface area contributed by atoms with Crippen LogP contribution in [0, 0.1) is 0 Å². The van der Waals surface area contributed by atoms with Gasteiger partial charge in [0, 0.05) is 34.2 Å². The predicted molar refractivity (Wildman–Crippen MR) is 75.3 cm³/mol. The fourth-order valence-corrected chi connectivity index (χ4v) is 2.83. The molecule has 8 nitrogen and oxygen atoms in total. The zero-order chi connectivity index (χ0) is 16.2. The molecule has 1 heterocycles. The lowest BCUT2D eigenvalue weighted by Crippen LogP contribution is -2.53. The molecule has 1 saturated heterocycles. The highest BCUT2D eigenvalue weighted by Gasteiger charge is 2.56. The molecule has 9 heteroatoms. The number of carboxylic acid groups (broad SMARTS) is 1. The molecule has 1 aliphatic rings. The monoisotopic (exact) mass is 323 g/mol. The molecule has 0 aliphatic carbocycles. The zero-order valence-electron chi connectivity index (χ0n) is 12.4. The average molecular weight is 323 g/mol. The second-order valence-corrected chi connectivity index (χ2v) is 4.83. The number of thiol groups is 1. The molecule has 5 atom stereocenters. The van der Waals surface area contributed by atoms with Crippen molar-refractivity contribution in [2.75, 3.05) is 34.2 Å². The maximum atomic E-state index is 12.5. The number of carboxylic acids is 1. The van der Waals surface area contributed by atoms with Crippen LogP contribution < -0.4 is 0 Å². The first-order valence-electron chi connectivity index (χ1n) is 6.25. The lowest BCUT2D eigenvalue weighted by Gasteiger charge is -2.30. The molecule has 1 N–H and O–H groups in total. The van der Waals surface area contributed by atoms with Crippen molar-refractivity contribution in [2.24, 2.45) is 0 Å². The van der Waals surface area contributed by atoms with Crippen molar-refractivity contribution in [1.82, 2.24) is 4.90 Å². The second kappa shape index (κ2) is 7.95. The van der Waals surface area contributed by atoms with Crippen molar-refractivity contribution >= 4 is 24.5 Å². The van der Waals surface area contributed by atoms with E-state index in [0.717, 1.165) is 4.90 Å². The Kier molecular flexibility index (Phi) is 6.88. The maximum absolute atomic E-state index is 12.5. The fourth-order valence-electron chi connectivity index (χ4n) is 2.52. The Morgan fingerprint density at radius 3 is 2.05 bits per heavy atom. The third-order valence-corrected chi connectivity index (χ3v) is 3.84. The molecule has 1 rings (SSSR count). The van der Waals surface area contributed by atoms with Gasteiger partial charge < -0.3 is 24.1 Å². The number of carbonyl (C=O) groups is 2. The van der Waals surface area contributed by atoms with E-state index in [2.05, 4.69) is 12.6 Å². The van der Waals surface area contributed by atoms with Crippen LogP contribution in [0.5, 0.6) is 0 Å². The van der Waals surface area contributed by atoms with Gasteiger partial charge in [0.2, 0.25) is 0 Å². The first-order chi connectivity index (χ1) is 9.98. The van der Waals surface area contributed by atoms with E-state index in [0.29, 0.717) is 0 Å². The minimum absolute atomic E-state index is 0.115. The van der Waals surface area contributed by atoms with Gasteiger partial charge in [-0.25, -0.2) is 4.79 Å². The number of nitrogens with zero attached hydrogens (tertiary/aromatic N) is 1. The molecule has 1 aliphatic heterocycles. The molecule has 4 unspecified atom stereocenters. The Hall–Kier alpha value is -0.870. The summed E-state index contributed by atoms with van der Waals surface area (Å²) < 4.78 is 20.8. The highest BCUT2D eigenvalue weighted by molar-refractivity contribution is 7.80. The van der Waals surface area contributed by atoms with Gasteiger partial charge in [0.05, 0.1) is 0 Å². The largest absolute Gasteiger partial charge is 0.480 e. The fraction of sp³-hybridized carbons (Fsp3) is 0.833. The molecule has 0 spiro atoms. The van der Waals surface area contributed by atoms with Gasteiger partial charge in [0.1, 0.15) is 18.3 Å². The van der Waals surface area contributed by atoms with Gasteiger partial charge in [-0.05, 0) is 0 Å². The van der Waals surface area contributed by atoms with Crippen molar-refractivity contribution in [1.29, 1.82) is 0 Å². The van der Waals surface area contributed by atoms with E-state index in [-0.39, 0.29) is 5.75 Å². The average Bonchev–Trinajstić information content (AvgIpc) is 2.81. The van der Waals surface area contributed by atoms with Crippen LogP contribution in [0.1, 0.15) is 0 Å². The smallest absolute Gasteiger partial charge is 0.329 e. The summed E-state index contributed by atoms with van der Waals surface area (Å²) in [6.45, 7) is 0. The van der Waals surface area contributed by atoms with Crippen LogP contribution in [0.4, 0.5) is 0 Å². The van der Waals surface area contributed by atoms with Crippen molar-refractivity contribution in [2.45, 2.75) is 30.6 Å². The van der Waals surface area contributed by atoms with E-state index < -0.39 is 42.5 Å². The summed E-state index contributed by atoms with van der Waals surface area (Å²) in [5.41, 5.74) is 0. The molecule has 0 aromatic carbocycles. The molecular weight excluding hydrogens is 302 g/mol. The van der Waals surface area contributed by atoms with Gasteiger partial charge in [-0.3, -0.25) is 9.69 Å². The normalized spacial score (nSPS) is 30.4. The molecule has 0 aromatic rings. The van der Waals surface area contributed by atoms with Gasteiger partial charge in [-0.15, -0.1) is 0 Å². The third-order valence-electron chi connectivity index (χ3n) is 3.51. The zero-order valence-corrected chi connectivity index (χ0v) is 13.3. The van der Waals surface area contributed by atoms with Crippen LogP contribution in [0.15, 0.2) is 0 Å². The number of rotatable bonds is 7.